The van der Waals surface area contributed by atoms with Crippen LogP contribution in [-0.4, -0.2) is 19.8 Å². The van der Waals surface area contributed by atoms with E-state index < -0.39 is 0 Å². The predicted octanol–water partition coefficient (Wildman–Crippen LogP) is 3.05. The molecule has 0 amide bonds. The first-order chi connectivity index (χ1) is 9.22. The molecule has 19 heavy (non-hydrogen) atoms. The highest BCUT2D eigenvalue weighted by Crippen LogP contribution is 2.54. The molecule has 0 aromatic heterocycles. The summed E-state index contributed by atoms with van der Waals surface area (Å²) in [6, 6.07) is 1.91. The van der Waals surface area contributed by atoms with Gasteiger partial charge in [0.05, 0.1) is 13.2 Å². The number of fused-ring (bicyclic) bond motifs is 1. The van der Waals surface area contributed by atoms with E-state index in [2.05, 4.69) is 6.92 Å². The van der Waals surface area contributed by atoms with Crippen molar-refractivity contribution in [2.24, 2.45) is 5.73 Å². The van der Waals surface area contributed by atoms with Crippen molar-refractivity contribution in [3.8, 4) is 11.5 Å². The van der Waals surface area contributed by atoms with Crippen LogP contribution >= 0.6 is 11.6 Å². The molecule has 3 nitrogen and oxygen atoms in total. The lowest BCUT2D eigenvalue weighted by molar-refractivity contribution is 0.296. The SMILES string of the molecule is CCc1c2c(cc(Cl)c1C1(CN)CC1)OCCCO2. The molecule has 3 rings (SSSR count). The monoisotopic (exact) mass is 281 g/mol. The van der Waals surface area contributed by atoms with Gasteiger partial charge in [0.25, 0.3) is 0 Å². The predicted molar refractivity (Wildman–Crippen MR) is 76.4 cm³/mol. The topological polar surface area (TPSA) is 44.5 Å². The highest BCUT2D eigenvalue weighted by molar-refractivity contribution is 6.32. The molecular formula is C15H20ClNO2. The van der Waals surface area contributed by atoms with E-state index in [0.717, 1.165) is 42.2 Å². The Morgan fingerprint density at radius 3 is 2.68 bits per heavy atom. The Kier molecular flexibility index (Phi) is 3.35. The number of halogens is 1. The molecular weight excluding hydrogens is 262 g/mol. The second kappa shape index (κ2) is 4.88. The van der Waals surface area contributed by atoms with E-state index in [9.17, 15) is 0 Å². The molecule has 4 heteroatoms. The van der Waals surface area contributed by atoms with E-state index in [-0.39, 0.29) is 5.41 Å². The van der Waals surface area contributed by atoms with Gasteiger partial charge in [-0.2, -0.15) is 0 Å². The van der Waals surface area contributed by atoms with Crippen LogP contribution in [0, 0.1) is 0 Å². The zero-order chi connectivity index (χ0) is 13.5. The third-order valence-corrected chi connectivity index (χ3v) is 4.52. The molecule has 104 valence electrons. The molecule has 1 aliphatic carbocycles. The Bertz CT molecular complexity index is 497. The average molecular weight is 282 g/mol. The fourth-order valence-corrected chi connectivity index (χ4v) is 3.37. The second-order valence-corrected chi connectivity index (χ2v) is 5.83. The van der Waals surface area contributed by atoms with Gasteiger partial charge in [-0.25, -0.2) is 0 Å². The van der Waals surface area contributed by atoms with Gasteiger partial charge in [0.1, 0.15) is 0 Å². The van der Waals surface area contributed by atoms with E-state index in [4.69, 9.17) is 26.8 Å². The number of nitrogens with two attached hydrogens (primary N) is 1. The van der Waals surface area contributed by atoms with Gasteiger partial charge in [-0.1, -0.05) is 18.5 Å². The number of ether oxygens (including phenoxy) is 2. The first kappa shape index (κ1) is 13.1. The summed E-state index contributed by atoms with van der Waals surface area (Å²) in [5.74, 6) is 1.68. The van der Waals surface area contributed by atoms with Crippen LogP contribution < -0.4 is 15.2 Å². The van der Waals surface area contributed by atoms with Crippen LogP contribution in [0.2, 0.25) is 5.02 Å². The van der Waals surface area contributed by atoms with Crippen LogP contribution in [0.3, 0.4) is 0 Å². The van der Waals surface area contributed by atoms with Crippen molar-refractivity contribution in [1.82, 2.24) is 0 Å². The third kappa shape index (κ3) is 2.09. The molecule has 1 aromatic carbocycles. The molecule has 1 aliphatic heterocycles. The molecule has 1 fully saturated rings. The zero-order valence-corrected chi connectivity index (χ0v) is 12.1. The van der Waals surface area contributed by atoms with Crippen molar-refractivity contribution in [3.63, 3.8) is 0 Å². The molecule has 0 unspecified atom stereocenters. The van der Waals surface area contributed by atoms with Gasteiger partial charge in [-0.15, -0.1) is 0 Å². The standard InChI is InChI=1S/C15H20ClNO2/c1-2-10-13(15(9-17)4-5-15)11(16)8-12-14(10)19-7-3-6-18-12/h8H,2-7,9,17H2,1H3. The summed E-state index contributed by atoms with van der Waals surface area (Å²) in [7, 11) is 0. The van der Waals surface area contributed by atoms with Crippen LogP contribution in [0.4, 0.5) is 0 Å². The Labute approximate surface area is 119 Å². The molecule has 0 bridgehead atoms. The van der Waals surface area contributed by atoms with Gasteiger partial charge in [-0.05, 0) is 24.8 Å². The normalized spacial score (nSPS) is 19.9. The lowest BCUT2D eigenvalue weighted by atomic mass is 9.89. The zero-order valence-electron chi connectivity index (χ0n) is 11.3. The van der Waals surface area contributed by atoms with Gasteiger partial charge < -0.3 is 15.2 Å². The first-order valence-electron chi connectivity index (χ1n) is 7.03. The summed E-state index contributed by atoms with van der Waals surface area (Å²) in [6.45, 7) is 4.18. The van der Waals surface area contributed by atoms with Gasteiger partial charge in [0.15, 0.2) is 11.5 Å². The van der Waals surface area contributed by atoms with E-state index in [1.54, 1.807) is 0 Å². The van der Waals surface area contributed by atoms with Crippen LogP contribution in [0.5, 0.6) is 11.5 Å². The Morgan fingerprint density at radius 1 is 1.32 bits per heavy atom. The summed E-state index contributed by atoms with van der Waals surface area (Å²) in [4.78, 5) is 0. The van der Waals surface area contributed by atoms with Crippen LogP contribution in [0.15, 0.2) is 6.07 Å². The maximum atomic E-state index is 6.51. The number of benzene rings is 1. The Morgan fingerprint density at radius 2 is 2.05 bits per heavy atom. The van der Waals surface area contributed by atoms with Crippen LogP contribution in [-0.2, 0) is 11.8 Å². The van der Waals surface area contributed by atoms with Gasteiger partial charge in [-0.3, -0.25) is 0 Å². The van der Waals surface area contributed by atoms with E-state index in [1.165, 1.54) is 11.1 Å². The molecule has 2 aliphatic rings. The number of hydrogen-bond donors (Lipinski definition) is 1. The molecule has 0 atom stereocenters. The number of rotatable bonds is 3. The third-order valence-electron chi connectivity index (χ3n) is 4.22. The molecule has 0 spiro atoms. The summed E-state index contributed by atoms with van der Waals surface area (Å²) in [6.07, 6.45) is 4.04. The Balaban J connectivity index is 2.17. The fourth-order valence-electron chi connectivity index (χ4n) is 2.96. The molecule has 0 saturated heterocycles. The van der Waals surface area contributed by atoms with E-state index >= 15 is 0 Å². The molecule has 2 N–H and O–H groups in total. The second-order valence-electron chi connectivity index (χ2n) is 5.43. The van der Waals surface area contributed by atoms with Crippen molar-refractivity contribution in [2.75, 3.05) is 19.8 Å². The lowest BCUT2D eigenvalue weighted by Gasteiger charge is -2.23. The Hall–Kier alpha value is -0.930. The van der Waals surface area contributed by atoms with Gasteiger partial charge >= 0.3 is 0 Å². The van der Waals surface area contributed by atoms with Crippen LogP contribution in [0.1, 0.15) is 37.3 Å². The number of hydrogen-bond acceptors (Lipinski definition) is 3. The maximum Gasteiger partial charge on any atom is 0.164 e. The van der Waals surface area contributed by atoms with E-state index in [1.807, 2.05) is 6.07 Å². The first-order valence-corrected chi connectivity index (χ1v) is 7.41. The molecule has 1 aromatic rings. The summed E-state index contributed by atoms with van der Waals surface area (Å²) in [5, 5.41) is 0.782. The van der Waals surface area contributed by atoms with Crippen LogP contribution in [0.25, 0.3) is 0 Å². The van der Waals surface area contributed by atoms with Crippen molar-refractivity contribution in [2.45, 2.75) is 38.0 Å². The van der Waals surface area contributed by atoms with Crippen molar-refractivity contribution in [1.29, 1.82) is 0 Å². The highest BCUT2D eigenvalue weighted by Gasteiger charge is 2.46. The molecule has 0 radical (unpaired) electrons. The minimum atomic E-state index is 0.0765. The summed E-state index contributed by atoms with van der Waals surface area (Å²) < 4.78 is 11.7. The van der Waals surface area contributed by atoms with Crippen molar-refractivity contribution >= 4 is 11.6 Å². The lowest BCUT2D eigenvalue weighted by Crippen LogP contribution is -2.22. The summed E-state index contributed by atoms with van der Waals surface area (Å²) >= 11 is 6.51. The summed E-state index contributed by atoms with van der Waals surface area (Å²) in [5.41, 5.74) is 8.43. The fraction of sp³-hybridized carbons (Fsp3) is 0.600. The maximum absolute atomic E-state index is 6.51. The minimum Gasteiger partial charge on any atom is -0.489 e. The van der Waals surface area contributed by atoms with E-state index in [0.29, 0.717) is 19.8 Å². The van der Waals surface area contributed by atoms with Gasteiger partial charge in [0, 0.05) is 35.0 Å². The average Bonchev–Trinajstić information content (AvgIpc) is 3.21. The van der Waals surface area contributed by atoms with Crippen molar-refractivity contribution in [3.05, 3.63) is 22.2 Å². The molecule has 1 saturated carbocycles. The minimum absolute atomic E-state index is 0.0765. The van der Waals surface area contributed by atoms with Gasteiger partial charge in [0.2, 0.25) is 0 Å². The quantitative estimate of drug-likeness (QED) is 0.926. The highest BCUT2D eigenvalue weighted by atomic mass is 35.5. The molecule has 1 heterocycles. The van der Waals surface area contributed by atoms with Crippen molar-refractivity contribution < 1.29 is 9.47 Å². The largest absolute Gasteiger partial charge is 0.489 e. The smallest absolute Gasteiger partial charge is 0.164 e.